The van der Waals surface area contributed by atoms with E-state index >= 15 is 0 Å². The Morgan fingerprint density at radius 1 is 1.00 bits per heavy atom. The zero-order chi connectivity index (χ0) is 15.0. The molecule has 1 unspecified atom stereocenters. The molecule has 0 saturated carbocycles. The van der Waals surface area contributed by atoms with Gasteiger partial charge >= 0.3 is 0 Å². The van der Waals surface area contributed by atoms with Crippen molar-refractivity contribution in [2.24, 2.45) is 0 Å². The van der Waals surface area contributed by atoms with Gasteiger partial charge in [-0.25, -0.2) is 0 Å². The molecule has 1 atom stereocenters. The van der Waals surface area contributed by atoms with E-state index in [1.165, 1.54) is 11.1 Å². The van der Waals surface area contributed by atoms with Gasteiger partial charge in [0, 0.05) is 32.2 Å². The van der Waals surface area contributed by atoms with Crippen molar-refractivity contribution >= 4 is 6.08 Å². The lowest BCUT2D eigenvalue weighted by Crippen LogP contribution is -2.49. The maximum atomic E-state index is 3.63. The molecule has 22 heavy (non-hydrogen) atoms. The van der Waals surface area contributed by atoms with E-state index in [2.05, 4.69) is 83.0 Å². The monoisotopic (exact) mass is 292 g/mol. The van der Waals surface area contributed by atoms with Crippen molar-refractivity contribution in [2.45, 2.75) is 19.0 Å². The van der Waals surface area contributed by atoms with Crippen LogP contribution < -0.4 is 5.32 Å². The Balaban J connectivity index is 1.49. The largest absolute Gasteiger partial charge is 0.311 e. The summed E-state index contributed by atoms with van der Waals surface area (Å²) >= 11 is 0. The van der Waals surface area contributed by atoms with Crippen LogP contribution in [0.1, 0.15) is 17.5 Å². The fourth-order valence-corrected chi connectivity index (χ4v) is 2.97. The average Bonchev–Trinajstić information content (AvgIpc) is 2.57. The van der Waals surface area contributed by atoms with Gasteiger partial charge in [-0.1, -0.05) is 72.8 Å². The third-order valence-corrected chi connectivity index (χ3v) is 4.12. The van der Waals surface area contributed by atoms with E-state index in [1.54, 1.807) is 0 Å². The van der Waals surface area contributed by atoms with Crippen LogP contribution >= 0.6 is 0 Å². The summed E-state index contributed by atoms with van der Waals surface area (Å²) in [6, 6.07) is 21.8. The summed E-state index contributed by atoms with van der Waals surface area (Å²) in [6.45, 7) is 4.39. The number of nitrogens with one attached hydrogen (secondary N) is 1. The highest BCUT2D eigenvalue weighted by Crippen LogP contribution is 2.10. The molecule has 3 rings (SSSR count). The number of hydrogen-bond donors (Lipinski definition) is 1. The highest BCUT2D eigenvalue weighted by Gasteiger charge is 2.17. The molecule has 1 fully saturated rings. The van der Waals surface area contributed by atoms with E-state index in [4.69, 9.17) is 0 Å². The molecule has 0 bridgehead atoms. The van der Waals surface area contributed by atoms with Crippen LogP contribution in [0.2, 0.25) is 0 Å². The second-order valence-electron chi connectivity index (χ2n) is 5.92. The van der Waals surface area contributed by atoms with Gasteiger partial charge in [0.1, 0.15) is 0 Å². The summed E-state index contributed by atoms with van der Waals surface area (Å²) in [6.07, 6.45) is 5.59. The zero-order valence-corrected chi connectivity index (χ0v) is 13.0. The summed E-state index contributed by atoms with van der Waals surface area (Å²) < 4.78 is 0. The molecule has 0 radical (unpaired) electrons. The van der Waals surface area contributed by atoms with Gasteiger partial charge < -0.3 is 5.32 Å². The Bertz CT molecular complexity index is 577. The Hall–Kier alpha value is -1.90. The minimum absolute atomic E-state index is 0.553. The smallest absolute Gasteiger partial charge is 0.0234 e. The molecule has 2 heteroatoms. The first-order chi connectivity index (χ1) is 10.9. The van der Waals surface area contributed by atoms with Crippen LogP contribution in [0.15, 0.2) is 66.7 Å². The van der Waals surface area contributed by atoms with E-state index < -0.39 is 0 Å². The van der Waals surface area contributed by atoms with Crippen molar-refractivity contribution < 1.29 is 0 Å². The lowest BCUT2D eigenvalue weighted by Gasteiger charge is -2.33. The van der Waals surface area contributed by atoms with Crippen LogP contribution in [0.5, 0.6) is 0 Å². The highest BCUT2D eigenvalue weighted by molar-refractivity contribution is 5.48. The SMILES string of the molecule is C(=C\c1ccccc1)/CC1CN(Cc2ccccc2)CCN1. The van der Waals surface area contributed by atoms with Gasteiger partial charge in [0.15, 0.2) is 0 Å². The molecule has 2 nitrogen and oxygen atoms in total. The van der Waals surface area contributed by atoms with Crippen molar-refractivity contribution in [3.63, 3.8) is 0 Å². The van der Waals surface area contributed by atoms with Crippen LogP contribution in [0.3, 0.4) is 0 Å². The highest BCUT2D eigenvalue weighted by atomic mass is 15.2. The molecule has 1 aliphatic heterocycles. The molecule has 0 amide bonds. The predicted molar refractivity (Wildman–Crippen MR) is 93.6 cm³/mol. The van der Waals surface area contributed by atoms with Crippen molar-refractivity contribution in [1.29, 1.82) is 0 Å². The standard InChI is InChI=1S/C20H24N2/c1-3-8-18(9-4-1)12-7-13-20-17-22(15-14-21-20)16-19-10-5-2-6-11-19/h1-12,20-21H,13-17H2/b12-7+. The predicted octanol–water partition coefficient (Wildman–Crippen LogP) is 3.56. The fourth-order valence-electron chi connectivity index (χ4n) is 2.97. The van der Waals surface area contributed by atoms with Crippen LogP contribution in [0.4, 0.5) is 0 Å². The molecule has 0 aliphatic carbocycles. The van der Waals surface area contributed by atoms with Gasteiger partial charge in [0.05, 0.1) is 0 Å². The van der Waals surface area contributed by atoms with Gasteiger partial charge in [-0.15, -0.1) is 0 Å². The Labute approximate surface area is 133 Å². The number of hydrogen-bond acceptors (Lipinski definition) is 2. The van der Waals surface area contributed by atoms with E-state index in [0.717, 1.165) is 32.6 Å². The second kappa shape index (κ2) is 7.92. The number of rotatable bonds is 5. The minimum Gasteiger partial charge on any atom is -0.311 e. The van der Waals surface area contributed by atoms with Gasteiger partial charge in [-0.2, -0.15) is 0 Å². The lowest BCUT2D eigenvalue weighted by atomic mass is 10.1. The number of nitrogens with zero attached hydrogens (tertiary/aromatic N) is 1. The first kappa shape index (κ1) is 15.0. The van der Waals surface area contributed by atoms with Crippen LogP contribution in [-0.2, 0) is 6.54 Å². The summed E-state index contributed by atoms with van der Waals surface area (Å²) in [5, 5.41) is 3.63. The third-order valence-electron chi connectivity index (χ3n) is 4.12. The first-order valence-corrected chi connectivity index (χ1v) is 8.11. The van der Waals surface area contributed by atoms with Gasteiger partial charge in [0.2, 0.25) is 0 Å². The van der Waals surface area contributed by atoms with Crippen molar-refractivity contribution in [1.82, 2.24) is 10.2 Å². The molecule has 1 aliphatic rings. The molecule has 0 aromatic heterocycles. The normalized spacial score (nSPS) is 19.5. The summed E-state index contributed by atoms with van der Waals surface area (Å²) in [4.78, 5) is 2.55. The average molecular weight is 292 g/mol. The Kier molecular flexibility index (Phi) is 5.41. The molecule has 114 valence electrons. The van der Waals surface area contributed by atoms with E-state index in [0.29, 0.717) is 6.04 Å². The number of piperazine rings is 1. The number of benzene rings is 2. The summed E-state index contributed by atoms with van der Waals surface area (Å²) in [7, 11) is 0. The quantitative estimate of drug-likeness (QED) is 0.906. The summed E-state index contributed by atoms with van der Waals surface area (Å²) in [5.74, 6) is 0. The van der Waals surface area contributed by atoms with Crippen molar-refractivity contribution in [3.8, 4) is 0 Å². The first-order valence-electron chi connectivity index (χ1n) is 8.11. The van der Waals surface area contributed by atoms with Crippen molar-refractivity contribution in [2.75, 3.05) is 19.6 Å². The topological polar surface area (TPSA) is 15.3 Å². The maximum Gasteiger partial charge on any atom is 0.0234 e. The third kappa shape index (κ3) is 4.55. The molecule has 0 spiro atoms. The Morgan fingerprint density at radius 3 is 2.50 bits per heavy atom. The van der Waals surface area contributed by atoms with Crippen LogP contribution in [-0.4, -0.2) is 30.6 Å². The molecule has 1 saturated heterocycles. The fraction of sp³-hybridized carbons (Fsp3) is 0.300. The van der Waals surface area contributed by atoms with Crippen molar-refractivity contribution in [3.05, 3.63) is 77.9 Å². The zero-order valence-electron chi connectivity index (χ0n) is 13.0. The van der Waals surface area contributed by atoms with Crippen LogP contribution in [0, 0.1) is 0 Å². The minimum atomic E-state index is 0.553. The van der Waals surface area contributed by atoms with Crippen LogP contribution in [0.25, 0.3) is 6.08 Å². The van der Waals surface area contributed by atoms with Gasteiger partial charge in [-0.3, -0.25) is 4.90 Å². The molecular weight excluding hydrogens is 268 g/mol. The van der Waals surface area contributed by atoms with E-state index in [-0.39, 0.29) is 0 Å². The van der Waals surface area contributed by atoms with Gasteiger partial charge in [-0.05, 0) is 17.5 Å². The van der Waals surface area contributed by atoms with E-state index in [1.807, 2.05) is 0 Å². The van der Waals surface area contributed by atoms with Gasteiger partial charge in [0.25, 0.3) is 0 Å². The molecule has 2 aromatic carbocycles. The molecule has 1 heterocycles. The second-order valence-corrected chi connectivity index (χ2v) is 5.92. The molecule has 2 aromatic rings. The lowest BCUT2D eigenvalue weighted by molar-refractivity contribution is 0.193. The maximum absolute atomic E-state index is 3.63. The van der Waals surface area contributed by atoms with E-state index in [9.17, 15) is 0 Å². The summed E-state index contributed by atoms with van der Waals surface area (Å²) in [5.41, 5.74) is 2.68. The molecular formula is C20H24N2. The Morgan fingerprint density at radius 2 is 1.73 bits per heavy atom. The molecule has 1 N–H and O–H groups in total.